The zero-order valence-corrected chi connectivity index (χ0v) is 9.75. The minimum Gasteiger partial charge on any atom is -0.294 e. The Kier molecular flexibility index (Phi) is 3.55. The molecular formula is C14H10ClFO. The van der Waals surface area contributed by atoms with Crippen molar-refractivity contribution in [2.75, 3.05) is 0 Å². The second kappa shape index (κ2) is 5.11. The zero-order chi connectivity index (χ0) is 12.3. The summed E-state index contributed by atoms with van der Waals surface area (Å²) in [6, 6.07) is 13.0. The highest BCUT2D eigenvalue weighted by Crippen LogP contribution is 2.14. The predicted octanol–water partition coefficient (Wildman–Crippen LogP) is 3.90. The van der Waals surface area contributed by atoms with E-state index in [1.807, 2.05) is 0 Å². The van der Waals surface area contributed by atoms with Crippen LogP contribution in [0.2, 0.25) is 5.02 Å². The standard InChI is InChI=1S/C14H10ClFO/c15-11-7-5-10(6-8-11)9-14(17)12-3-1-2-4-13(12)16/h1-8H,9H2. The highest BCUT2D eigenvalue weighted by atomic mass is 35.5. The summed E-state index contributed by atoms with van der Waals surface area (Å²) in [6.45, 7) is 0. The van der Waals surface area contributed by atoms with Crippen molar-refractivity contribution in [2.45, 2.75) is 6.42 Å². The first-order valence-corrected chi connectivity index (χ1v) is 5.57. The van der Waals surface area contributed by atoms with Gasteiger partial charge < -0.3 is 0 Å². The van der Waals surface area contributed by atoms with E-state index in [0.717, 1.165) is 5.56 Å². The molecule has 0 aliphatic rings. The number of hydrogen-bond acceptors (Lipinski definition) is 1. The van der Waals surface area contributed by atoms with E-state index < -0.39 is 5.82 Å². The third-order valence-corrected chi connectivity index (χ3v) is 2.70. The van der Waals surface area contributed by atoms with Crippen molar-refractivity contribution in [1.29, 1.82) is 0 Å². The first-order valence-electron chi connectivity index (χ1n) is 5.19. The van der Waals surface area contributed by atoms with Crippen LogP contribution in [-0.4, -0.2) is 5.78 Å². The monoisotopic (exact) mass is 248 g/mol. The average Bonchev–Trinajstić information content (AvgIpc) is 2.32. The van der Waals surface area contributed by atoms with Crippen LogP contribution in [0.1, 0.15) is 15.9 Å². The second-order valence-corrected chi connectivity index (χ2v) is 4.14. The van der Waals surface area contributed by atoms with Crippen molar-refractivity contribution in [2.24, 2.45) is 0 Å². The van der Waals surface area contributed by atoms with Gasteiger partial charge in [-0.05, 0) is 29.8 Å². The van der Waals surface area contributed by atoms with Crippen LogP contribution in [0.4, 0.5) is 4.39 Å². The summed E-state index contributed by atoms with van der Waals surface area (Å²) in [7, 11) is 0. The quantitative estimate of drug-likeness (QED) is 0.753. The van der Waals surface area contributed by atoms with Gasteiger partial charge in [-0.3, -0.25) is 4.79 Å². The molecular weight excluding hydrogens is 239 g/mol. The molecule has 3 heteroatoms. The maximum Gasteiger partial charge on any atom is 0.170 e. The van der Waals surface area contributed by atoms with Gasteiger partial charge in [0.15, 0.2) is 5.78 Å². The number of carbonyl (C=O) groups is 1. The molecule has 2 rings (SSSR count). The fourth-order valence-electron chi connectivity index (χ4n) is 1.57. The first-order chi connectivity index (χ1) is 8.16. The summed E-state index contributed by atoms with van der Waals surface area (Å²) in [6.07, 6.45) is 0.179. The molecule has 2 aromatic rings. The number of ketones is 1. The lowest BCUT2D eigenvalue weighted by Crippen LogP contribution is -2.05. The van der Waals surface area contributed by atoms with Crippen molar-refractivity contribution in [3.05, 3.63) is 70.5 Å². The van der Waals surface area contributed by atoms with Gasteiger partial charge in [-0.25, -0.2) is 4.39 Å². The lowest BCUT2D eigenvalue weighted by molar-refractivity contribution is 0.0989. The zero-order valence-electron chi connectivity index (χ0n) is 8.99. The molecule has 1 nitrogen and oxygen atoms in total. The number of benzene rings is 2. The Morgan fingerprint density at radius 3 is 2.35 bits per heavy atom. The van der Waals surface area contributed by atoms with Crippen LogP contribution >= 0.6 is 11.6 Å². The Labute approximate surface area is 104 Å². The summed E-state index contributed by atoms with van der Waals surface area (Å²) in [5.74, 6) is -0.711. The summed E-state index contributed by atoms with van der Waals surface area (Å²) in [5.41, 5.74) is 0.949. The Hall–Kier alpha value is -1.67. The largest absolute Gasteiger partial charge is 0.294 e. The van der Waals surface area contributed by atoms with E-state index >= 15 is 0 Å². The minimum absolute atomic E-state index is 0.127. The molecule has 0 N–H and O–H groups in total. The van der Waals surface area contributed by atoms with Gasteiger partial charge in [-0.15, -0.1) is 0 Å². The SMILES string of the molecule is O=C(Cc1ccc(Cl)cc1)c1ccccc1F. The Morgan fingerprint density at radius 2 is 1.71 bits per heavy atom. The van der Waals surface area contributed by atoms with Crippen molar-refractivity contribution in [1.82, 2.24) is 0 Å². The topological polar surface area (TPSA) is 17.1 Å². The number of hydrogen-bond donors (Lipinski definition) is 0. The smallest absolute Gasteiger partial charge is 0.170 e. The maximum atomic E-state index is 13.4. The lowest BCUT2D eigenvalue weighted by atomic mass is 10.0. The Morgan fingerprint density at radius 1 is 1.06 bits per heavy atom. The molecule has 0 amide bonds. The van der Waals surface area contributed by atoms with Gasteiger partial charge in [-0.2, -0.15) is 0 Å². The van der Waals surface area contributed by atoms with E-state index in [9.17, 15) is 9.18 Å². The molecule has 0 spiro atoms. The molecule has 86 valence electrons. The van der Waals surface area contributed by atoms with Gasteiger partial charge in [0.2, 0.25) is 0 Å². The van der Waals surface area contributed by atoms with Crippen molar-refractivity contribution >= 4 is 17.4 Å². The van der Waals surface area contributed by atoms with Gasteiger partial charge in [-0.1, -0.05) is 35.9 Å². The first kappa shape index (κ1) is 11.8. The average molecular weight is 249 g/mol. The highest BCUT2D eigenvalue weighted by Gasteiger charge is 2.11. The van der Waals surface area contributed by atoms with Crippen LogP contribution in [0.3, 0.4) is 0 Å². The summed E-state index contributed by atoms with van der Waals surface area (Å²) < 4.78 is 13.4. The van der Waals surface area contributed by atoms with Gasteiger partial charge in [0.05, 0.1) is 5.56 Å². The van der Waals surface area contributed by atoms with E-state index in [2.05, 4.69) is 0 Å². The van der Waals surface area contributed by atoms with E-state index in [1.54, 1.807) is 36.4 Å². The van der Waals surface area contributed by atoms with E-state index in [0.29, 0.717) is 5.02 Å². The fourth-order valence-corrected chi connectivity index (χ4v) is 1.70. The molecule has 0 aromatic heterocycles. The van der Waals surface area contributed by atoms with Crippen LogP contribution in [-0.2, 0) is 6.42 Å². The molecule has 2 aromatic carbocycles. The number of rotatable bonds is 3. The molecule has 0 unspecified atom stereocenters. The molecule has 0 fully saturated rings. The molecule has 0 aliphatic carbocycles. The molecule has 0 bridgehead atoms. The molecule has 0 saturated heterocycles. The number of carbonyl (C=O) groups excluding carboxylic acids is 1. The van der Waals surface area contributed by atoms with Crippen molar-refractivity contribution in [3.63, 3.8) is 0 Å². The number of halogens is 2. The van der Waals surface area contributed by atoms with E-state index in [-0.39, 0.29) is 17.8 Å². The van der Waals surface area contributed by atoms with E-state index in [1.165, 1.54) is 12.1 Å². The summed E-state index contributed by atoms with van der Waals surface area (Å²) >= 11 is 5.75. The summed E-state index contributed by atoms with van der Waals surface area (Å²) in [4.78, 5) is 11.8. The predicted molar refractivity (Wildman–Crippen MR) is 65.9 cm³/mol. The van der Waals surface area contributed by atoms with Gasteiger partial charge in [0.1, 0.15) is 5.82 Å². The van der Waals surface area contributed by atoms with E-state index in [4.69, 9.17) is 11.6 Å². The minimum atomic E-state index is -0.480. The normalized spacial score (nSPS) is 10.2. The third kappa shape index (κ3) is 2.92. The highest BCUT2D eigenvalue weighted by molar-refractivity contribution is 6.30. The van der Waals surface area contributed by atoms with Crippen LogP contribution < -0.4 is 0 Å². The number of Topliss-reactive ketones (excluding diaryl/α,β-unsaturated/α-hetero) is 1. The maximum absolute atomic E-state index is 13.4. The lowest BCUT2D eigenvalue weighted by Gasteiger charge is -2.02. The van der Waals surface area contributed by atoms with Crippen LogP contribution in [0.5, 0.6) is 0 Å². The van der Waals surface area contributed by atoms with Gasteiger partial charge in [0.25, 0.3) is 0 Å². The van der Waals surface area contributed by atoms with Crippen LogP contribution in [0.25, 0.3) is 0 Å². The second-order valence-electron chi connectivity index (χ2n) is 3.71. The third-order valence-electron chi connectivity index (χ3n) is 2.45. The van der Waals surface area contributed by atoms with Gasteiger partial charge in [0, 0.05) is 11.4 Å². The molecule has 0 aliphatic heterocycles. The van der Waals surface area contributed by atoms with Crippen LogP contribution in [0.15, 0.2) is 48.5 Å². The van der Waals surface area contributed by atoms with Crippen molar-refractivity contribution in [3.8, 4) is 0 Å². The molecule has 0 saturated carbocycles. The Balaban J connectivity index is 2.17. The van der Waals surface area contributed by atoms with Crippen LogP contribution in [0, 0.1) is 5.82 Å². The summed E-state index contributed by atoms with van der Waals surface area (Å²) in [5, 5.41) is 0.618. The molecule has 0 atom stereocenters. The van der Waals surface area contributed by atoms with Gasteiger partial charge >= 0.3 is 0 Å². The Bertz CT molecular complexity index is 534. The molecule has 0 heterocycles. The van der Waals surface area contributed by atoms with Crippen molar-refractivity contribution < 1.29 is 9.18 Å². The fraction of sp³-hybridized carbons (Fsp3) is 0.0714. The molecule has 17 heavy (non-hydrogen) atoms. The molecule has 0 radical (unpaired) electrons.